The lowest BCUT2D eigenvalue weighted by Crippen LogP contribution is -2.28. The molecule has 0 unspecified atom stereocenters. The lowest BCUT2D eigenvalue weighted by molar-refractivity contribution is 0.413. The van der Waals surface area contributed by atoms with E-state index in [9.17, 15) is 0 Å². The maximum atomic E-state index is 5.34. The van der Waals surface area contributed by atoms with Crippen LogP contribution in [0.25, 0.3) is 0 Å². The number of benzene rings is 3. The summed E-state index contributed by atoms with van der Waals surface area (Å²) >= 11 is 0. The number of ether oxygens (including phenoxy) is 2. The maximum Gasteiger partial charge on any atom is 0.118 e. The van der Waals surface area contributed by atoms with Crippen LogP contribution in [0.2, 0.25) is 0 Å². The molecule has 0 heterocycles. The predicted molar refractivity (Wildman–Crippen MR) is 103 cm³/mol. The molecule has 0 aliphatic carbocycles. The molecule has 3 rings (SSSR count). The van der Waals surface area contributed by atoms with Crippen LogP contribution in [0, 0.1) is 0 Å². The van der Waals surface area contributed by atoms with Crippen LogP contribution < -0.4 is 9.47 Å². The van der Waals surface area contributed by atoms with Crippen LogP contribution in [-0.2, 0) is 5.41 Å². The Balaban J connectivity index is 2.21. The highest BCUT2D eigenvalue weighted by atomic mass is 16.5. The fraction of sp³-hybridized carbons (Fsp3) is 0.217. The van der Waals surface area contributed by atoms with Crippen molar-refractivity contribution in [2.75, 3.05) is 14.2 Å². The second-order valence-corrected chi connectivity index (χ2v) is 6.08. The van der Waals surface area contributed by atoms with Gasteiger partial charge in [0.15, 0.2) is 0 Å². The van der Waals surface area contributed by atoms with Gasteiger partial charge in [-0.1, -0.05) is 61.5 Å². The monoisotopic (exact) mass is 332 g/mol. The number of hydrogen-bond acceptors (Lipinski definition) is 2. The second-order valence-electron chi connectivity index (χ2n) is 6.08. The predicted octanol–water partition coefficient (Wildman–Crippen LogP) is 5.45. The molecule has 0 spiro atoms. The normalized spacial score (nSPS) is 11.2. The van der Waals surface area contributed by atoms with Gasteiger partial charge >= 0.3 is 0 Å². The molecule has 2 heteroatoms. The molecule has 0 atom stereocenters. The summed E-state index contributed by atoms with van der Waals surface area (Å²) in [5, 5.41) is 0. The summed E-state index contributed by atoms with van der Waals surface area (Å²) in [6, 6.07) is 27.5. The van der Waals surface area contributed by atoms with Gasteiger partial charge in [-0.2, -0.15) is 0 Å². The van der Waals surface area contributed by atoms with Crippen LogP contribution in [0.4, 0.5) is 0 Å². The minimum Gasteiger partial charge on any atom is -0.497 e. The zero-order valence-corrected chi connectivity index (χ0v) is 15.0. The number of rotatable bonds is 6. The van der Waals surface area contributed by atoms with Crippen molar-refractivity contribution in [1.82, 2.24) is 0 Å². The van der Waals surface area contributed by atoms with Gasteiger partial charge in [0.25, 0.3) is 0 Å². The quantitative estimate of drug-likeness (QED) is 0.559. The standard InChI is InChI=1S/C23H24O2/c1-4-23(18-8-6-5-7-9-18,19-10-14-21(24-2)15-11-19)20-12-16-22(25-3)17-13-20/h5-17H,4H2,1-3H3. The fourth-order valence-electron chi connectivity index (χ4n) is 3.59. The third kappa shape index (κ3) is 3.12. The van der Waals surface area contributed by atoms with Gasteiger partial charge in [0.1, 0.15) is 11.5 Å². The highest BCUT2D eigenvalue weighted by Crippen LogP contribution is 2.42. The Morgan fingerprint density at radius 2 is 1.00 bits per heavy atom. The van der Waals surface area contributed by atoms with Gasteiger partial charge in [0.2, 0.25) is 0 Å². The summed E-state index contributed by atoms with van der Waals surface area (Å²) in [6.07, 6.45) is 0.954. The van der Waals surface area contributed by atoms with Gasteiger partial charge in [0.05, 0.1) is 14.2 Å². The molecule has 25 heavy (non-hydrogen) atoms. The van der Waals surface area contributed by atoms with Gasteiger partial charge in [-0.15, -0.1) is 0 Å². The van der Waals surface area contributed by atoms with E-state index in [2.05, 4.69) is 61.5 Å². The van der Waals surface area contributed by atoms with Gasteiger partial charge in [0, 0.05) is 5.41 Å². The minimum atomic E-state index is -0.209. The maximum absolute atomic E-state index is 5.34. The number of hydrogen-bond donors (Lipinski definition) is 0. The lowest BCUT2D eigenvalue weighted by atomic mass is 9.68. The van der Waals surface area contributed by atoms with Crippen LogP contribution in [0.5, 0.6) is 11.5 Å². The molecule has 0 saturated heterocycles. The average molecular weight is 332 g/mol. The molecule has 3 aromatic rings. The summed E-state index contributed by atoms with van der Waals surface area (Å²) in [5.41, 5.74) is 3.59. The van der Waals surface area contributed by atoms with Crippen molar-refractivity contribution in [3.63, 3.8) is 0 Å². The lowest BCUT2D eigenvalue weighted by Gasteiger charge is -2.35. The third-order valence-electron chi connectivity index (χ3n) is 4.96. The average Bonchev–Trinajstić information content (AvgIpc) is 2.71. The van der Waals surface area contributed by atoms with E-state index in [0.717, 1.165) is 17.9 Å². The third-order valence-corrected chi connectivity index (χ3v) is 4.96. The van der Waals surface area contributed by atoms with Crippen LogP contribution in [0.1, 0.15) is 30.0 Å². The fourth-order valence-corrected chi connectivity index (χ4v) is 3.59. The van der Waals surface area contributed by atoms with Crippen molar-refractivity contribution in [2.45, 2.75) is 18.8 Å². The molecule has 0 amide bonds. The largest absolute Gasteiger partial charge is 0.497 e. The molecular formula is C23H24O2. The van der Waals surface area contributed by atoms with Gasteiger partial charge in [-0.25, -0.2) is 0 Å². The molecular weight excluding hydrogens is 308 g/mol. The molecule has 0 aliphatic heterocycles. The first kappa shape index (κ1) is 17.1. The van der Waals surface area contributed by atoms with Gasteiger partial charge in [-0.05, 0) is 47.4 Å². The SMILES string of the molecule is CCC(c1ccccc1)(c1ccc(OC)cc1)c1ccc(OC)cc1. The summed E-state index contributed by atoms with van der Waals surface area (Å²) in [4.78, 5) is 0. The molecule has 0 saturated carbocycles. The molecule has 0 aliphatic rings. The van der Waals surface area contributed by atoms with Crippen LogP contribution in [0.15, 0.2) is 78.9 Å². The van der Waals surface area contributed by atoms with Crippen molar-refractivity contribution in [3.05, 3.63) is 95.6 Å². The summed E-state index contributed by atoms with van der Waals surface area (Å²) < 4.78 is 10.7. The highest BCUT2D eigenvalue weighted by Gasteiger charge is 2.34. The molecule has 128 valence electrons. The smallest absolute Gasteiger partial charge is 0.118 e. The molecule has 0 aromatic heterocycles. The van der Waals surface area contributed by atoms with Gasteiger partial charge < -0.3 is 9.47 Å². The Kier molecular flexibility index (Phi) is 5.08. The van der Waals surface area contributed by atoms with Crippen molar-refractivity contribution in [2.24, 2.45) is 0 Å². The first-order chi connectivity index (χ1) is 12.2. The van der Waals surface area contributed by atoms with E-state index < -0.39 is 0 Å². The summed E-state index contributed by atoms with van der Waals surface area (Å²) in [6.45, 7) is 2.24. The Morgan fingerprint density at radius 1 is 0.600 bits per heavy atom. The summed E-state index contributed by atoms with van der Waals surface area (Å²) in [7, 11) is 3.39. The zero-order chi connectivity index (χ0) is 17.7. The minimum absolute atomic E-state index is 0.209. The van der Waals surface area contributed by atoms with Crippen molar-refractivity contribution in [3.8, 4) is 11.5 Å². The Hall–Kier alpha value is -2.74. The van der Waals surface area contributed by atoms with Crippen molar-refractivity contribution < 1.29 is 9.47 Å². The van der Waals surface area contributed by atoms with Crippen LogP contribution in [0.3, 0.4) is 0 Å². The Labute approximate surface area is 150 Å². The molecule has 0 bridgehead atoms. The highest BCUT2D eigenvalue weighted by molar-refractivity contribution is 5.52. The first-order valence-electron chi connectivity index (χ1n) is 8.59. The Morgan fingerprint density at radius 3 is 1.36 bits per heavy atom. The van der Waals surface area contributed by atoms with Crippen LogP contribution >= 0.6 is 0 Å². The van der Waals surface area contributed by atoms with Crippen molar-refractivity contribution >= 4 is 0 Å². The van der Waals surface area contributed by atoms with Crippen molar-refractivity contribution in [1.29, 1.82) is 0 Å². The van der Waals surface area contributed by atoms with E-state index >= 15 is 0 Å². The summed E-state index contributed by atoms with van der Waals surface area (Å²) in [5.74, 6) is 1.74. The topological polar surface area (TPSA) is 18.5 Å². The van der Waals surface area contributed by atoms with E-state index in [-0.39, 0.29) is 5.41 Å². The van der Waals surface area contributed by atoms with E-state index in [1.165, 1.54) is 16.7 Å². The van der Waals surface area contributed by atoms with E-state index in [4.69, 9.17) is 9.47 Å². The number of methoxy groups -OCH3 is 2. The molecule has 0 radical (unpaired) electrons. The van der Waals surface area contributed by atoms with E-state index in [1.807, 2.05) is 24.3 Å². The van der Waals surface area contributed by atoms with Gasteiger partial charge in [-0.3, -0.25) is 0 Å². The first-order valence-corrected chi connectivity index (χ1v) is 8.59. The van der Waals surface area contributed by atoms with Crippen LogP contribution in [-0.4, -0.2) is 14.2 Å². The zero-order valence-electron chi connectivity index (χ0n) is 15.0. The molecule has 0 N–H and O–H groups in total. The molecule has 2 nitrogen and oxygen atoms in total. The van der Waals surface area contributed by atoms with E-state index in [1.54, 1.807) is 14.2 Å². The second kappa shape index (κ2) is 7.43. The molecule has 0 fully saturated rings. The Bertz CT molecular complexity index is 742. The molecule has 3 aromatic carbocycles. The van der Waals surface area contributed by atoms with E-state index in [0.29, 0.717) is 0 Å².